The van der Waals surface area contributed by atoms with Crippen molar-refractivity contribution >= 4 is 23.1 Å². The van der Waals surface area contributed by atoms with E-state index in [1.165, 1.54) is 6.07 Å². The molecule has 0 unspecified atom stereocenters. The topological polar surface area (TPSA) is 49.4 Å². The highest BCUT2D eigenvalue weighted by atomic mass is 19.4. The van der Waals surface area contributed by atoms with E-state index in [0.29, 0.717) is 17.7 Å². The fourth-order valence-electron chi connectivity index (χ4n) is 3.61. The normalized spacial score (nSPS) is 14.4. The van der Waals surface area contributed by atoms with Gasteiger partial charge in [-0.25, -0.2) is 0 Å². The SMILES string of the molecule is O=C(CCCC(=O)c1ccccc1)Nc1cc(C(F)(F)F)ccc1N1CCCCC1. The molecule has 1 aliphatic heterocycles. The Balaban J connectivity index is 1.65. The lowest BCUT2D eigenvalue weighted by Gasteiger charge is -2.31. The third kappa shape index (κ3) is 5.84. The molecule has 1 saturated heterocycles. The largest absolute Gasteiger partial charge is 0.416 e. The Bertz CT molecular complexity index is 876. The minimum atomic E-state index is -4.48. The van der Waals surface area contributed by atoms with Crippen LogP contribution in [-0.2, 0) is 11.0 Å². The molecule has 1 fully saturated rings. The maximum atomic E-state index is 13.2. The predicted octanol–water partition coefficient (Wildman–Crippen LogP) is 5.69. The predicted molar refractivity (Wildman–Crippen MR) is 111 cm³/mol. The molecule has 0 bridgehead atoms. The van der Waals surface area contributed by atoms with Crippen molar-refractivity contribution in [3.8, 4) is 0 Å². The van der Waals surface area contributed by atoms with Gasteiger partial charge in [0.25, 0.3) is 0 Å². The average Bonchev–Trinajstić information content (AvgIpc) is 2.74. The monoisotopic (exact) mass is 418 g/mol. The van der Waals surface area contributed by atoms with E-state index in [1.54, 1.807) is 24.3 Å². The number of ketones is 1. The Hall–Kier alpha value is -2.83. The second kappa shape index (κ2) is 9.78. The van der Waals surface area contributed by atoms with E-state index >= 15 is 0 Å². The Morgan fingerprint density at radius 2 is 1.63 bits per heavy atom. The van der Waals surface area contributed by atoms with Gasteiger partial charge in [-0.1, -0.05) is 30.3 Å². The molecule has 0 radical (unpaired) electrons. The smallest absolute Gasteiger partial charge is 0.370 e. The number of rotatable bonds is 7. The summed E-state index contributed by atoms with van der Waals surface area (Å²) in [6.07, 6.45) is -0.854. The number of nitrogens with one attached hydrogen (secondary N) is 1. The molecular weight excluding hydrogens is 393 g/mol. The van der Waals surface area contributed by atoms with E-state index in [2.05, 4.69) is 5.32 Å². The lowest BCUT2D eigenvalue weighted by atomic mass is 10.1. The summed E-state index contributed by atoms with van der Waals surface area (Å²) in [5, 5.41) is 2.64. The molecule has 160 valence electrons. The van der Waals surface area contributed by atoms with Crippen LogP contribution in [0.15, 0.2) is 48.5 Å². The third-order valence-corrected chi connectivity index (χ3v) is 5.20. The Labute approximate surface area is 174 Å². The summed E-state index contributed by atoms with van der Waals surface area (Å²) < 4.78 is 39.5. The fraction of sp³-hybridized carbons (Fsp3) is 0.391. The van der Waals surface area contributed by atoms with Gasteiger partial charge < -0.3 is 10.2 Å². The summed E-state index contributed by atoms with van der Waals surface area (Å²) in [7, 11) is 0. The highest BCUT2D eigenvalue weighted by Gasteiger charge is 2.31. The van der Waals surface area contributed by atoms with Gasteiger partial charge in [0, 0.05) is 31.5 Å². The number of anilines is 2. The van der Waals surface area contributed by atoms with Crippen LogP contribution in [0.2, 0.25) is 0 Å². The third-order valence-electron chi connectivity index (χ3n) is 5.20. The van der Waals surface area contributed by atoms with Gasteiger partial charge in [0.1, 0.15) is 0 Å². The average molecular weight is 418 g/mol. The zero-order chi connectivity index (χ0) is 21.6. The molecule has 1 heterocycles. The summed E-state index contributed by atoms with van der Waals surface area (Å²) >= 11 is 0. The van der Waals surface area contributed by atoms with Crippen molar-refractivity contribution in [3.05, 3.63) is 59.7 Å². The van der Waals surface area contributed by atoms with Crippen molar-refractivity contribution in [1.29, 1.82) is 0 Å². The van der Waals surface area contributed by atoms with Crippen LogP contribution < -0.4 is 10.2 Å². The number of benzene rings is 2. The molecule has 0 spiro atoms. The highest BCUT2D eigenvalue weighted by molar-refractivity contribution is 5.97. The maximum absolute atomic E-state index is 13.2. The van der Waals surface area contributed by atoms with Gasteiger partial charge >= 0.3 is 6.18 Å². The molecule has 3 rings (SSSR count). The van der Waals surface area contributed by atoms with E-state index in [4.69, 9.17) is 0 Å². The van der Waals surface area contributed by atoms with Gasteiger partial charge in [0.05, 0.1) is 16.9 Å². The van der Waals surface area contributed by atoms with Crippen molar-refractivity contribution < 1.29 is 22.8 Å². The number of halogens is 3. The van der Waals surface area contributed by atoms with Gasteiger partial charge in [-0.05, 0) is 43.9 Å². The second-order valence-corrected chi connectivity index (χ2v) is 7.47. The maximum Gasteiger partial charge on any atom is 0.416 e. The molecule has 0 atom stereocenters. The molecule has 1 amide bonds. The second-order valence-electron chi connectivity index (χ2n) is 7.47. The van der Waals surface area contributed by atoms with Crippen molar-refractivity contribution in [1.82, 2.24) is 0 Å². The summed E-state index contributed by atoms with van der Waals surface area (Å²) in [5.41, 5.74) is 0.573. The van der Waals surface area contributed by atoms with Crippen LogP contribution >= 0.6 is 0 Å². The number of carbonyl (C=O) groups excluding carboxylic acids is 2. The van der Waals surface area contributed by atoms with E-state index < -0.39 is 17.6 Å². The van der Waals surface area contributed by atoms with E-state index in [1.807, 2.05) is 11.0 Å². The first-order valence-corrected chi connectivity index (χ1v) is 10.2. The molecule has 0 aromatic heterocycles. The zero-order valence-electron chi connectivity index (χ0n) is 16.7. The Morgan fingerprint density at radius 3 is 2.30 bits per heavy atom. The Kier molecular flexibility index (Phi) is 7.13. The Morgan fingerprint density at radius 1 is 0.933 bits per heavy atom. The molecule has 7 heteroatoms. The van der Waals surface area contributed by atoms with Crippen LogP contribution in [0, 0.1) is 0 Å². The van der Waals surface area contributed by atoms with Crippen LogP contribution in [0.1, 0.15) is 54.4 Å². The standard InChI is InChI=1S/C23H25F3N2O2/c24-23(25,26)18-12-13-20(28-14-5-2-6-15-28)19(16-18)27-22(30)11-7-10-21(29)17-8-3-1-4-9-17/h1,3-4,8-9,12-13,16H,2,5-7,10-11,14-15H2,(H,27,30). The summed E-state index contributed by atoms with van der Waals surface area (Å²) in [4.78, 5) is 26.6. The van der Waals surface area contributed by atoms with Crippen molar-refractivity contribution in [2.45, 2.75) is 44.7 Å². The van der Waals surface area contributed by atoms with E-state index in [9.17, 15) is 22.8 Å². The molecule has 0 saturated carbocycles. The lowest BCUT2D eigenvalue weighted by Crippen LogP contribution is -2.30. The number of amides is 1. The van der Waals surface area contributed by atoms with Crippen LogP contribution in [0.3, 0.4) is 0 Å². The van der Waals surface area contributed by atoms with Crippen LogP contribution in [0.5, 0.6) is 0 Å². The minimum absolute atomic E-state index is 0.0588. The highest BCUT2D eigenvalue weighted by Crippen LogP contribution is 2.36. The number of piperidine rings is 1. The molecule has 2 aromatic rings. The summed E-state index contributed by atoms with van der Waals surface area (Å²) in [6.45, 7) is 1.50. The van der Waals surface area contributed by atoms with Gasteiger partial charge in [0.2, 0.25) is 5.91 Å². The fourth-order valence-corrected chi connectivity index (χ4v) is 3.61. The van der Waals surface area contributed by atoms with Crippen molar-refractivity contribution in [2.24, 2.45) is 0 Å². The van der Waals surface area contributed by atoms with E-state index in [-0.39, 0.29) is 24.3 Å². The molecule has 0 aliphatic carbocycles. The lowest BCUT2D eigenvalue weighted by molar-refractivity contribution is -0.137. The zero-order valence-corrected chi connectivity index (χ0v) is 16.7. The van der Waals surface area contributed by atoms with Gasteiger partial charge in [-0.2, -0.15) is 13.2 Å². The molecule has 1 N–H and O–H groups in total. The number of hydrogen-bond donors (Lipinski definition) is 1. The van der Waals surface area contributed by atoms with Crippen LogP contribution in [-0.4, -0.2) is 24.8 Å². The minimum Gasteiger partial charge on any atom is -0.370 e. The number of hydrogen-bond acceptors (Lipinski definition) is 3. The number of carbonyl (C=O) groups is 2. The first-order chi connectivity index (χ1) is 14.3. The van der Waals surface area contributed by atoms with Crippen LogP contribution in [0.4, 0.5) is 24.5 Å². The number of nitrogens with zero attached hydrogens (tertiary/aromatic N) is 1. The van der Waals surface area contributed by atoms with Crippen molar-refractivity contribution in [2.75, 3.05) is 23.3 Å². The number of alkyl halides is 3. The van der Waals surface area contributed by atoms with Gasteiger partial charge in [0.15, 0.2) is 5.78 Å². The first kappa shape index (κ1) is 21.9. The van der Waals surface area contributed by atoms with Crippen LogP contribution in [0.25, 0.3) is 0 Å². The molecular formula is C23H25F3N2O2. The van der Waals surface area contributed by atoms with Gasteiger partial charge in [-0.15, -0.1) is 0 Å². The van der Waals surface area contributed by atoms with E-state index in [0.717, 1.165) is 44.5 Å². The molecule has 1 aliphatic rings. The first-order valence-electron chi connectivity index (χ1n) is 10.2. The molecule has 4 nitrogen and oxygen atoms in total. The summed E-state index contributed by atoms with van der Waals surface area (Å²) in [5.74, 6) is -0.454. The van der Waals surface area contributed by atoms with Crippen molar-refractivity contribution in [3.63, 3.8) is 0 Å². The summed E-state index contributed by atoms with van der Waals surface area (Å²) in [6, 6.07) is 12.3. The number of Topliss-reactive ketones (excluding diaryl/α,β-unsaturated/α-hetero) is 1. The van der Waals surface area contributed by atoms with Gasteiger partial charge in [-0.3, -0.25) is 9.59 Å². The quantitative estimate of drug-likeness (QED) is 0.588. The molecule has 30 heavy (non-hydrogen) atoms. The molecule has 2 aromatic carbocycles.